The van der Waals surface area contributed by atoms with Crippen LogP contribution >= 0.6 is 15.9 Å². The minimum absolute atomic E-state index is 0.512. The second-order valence-electron chi connectivity index (χ2n) is 3.35. The van der Waals surface area contributed by atoms with Crippen LogP contribution in [0, 0.1) is 0 Å². The average Bonchev–Trinajstić information content (AvgIpc) is 2.75. The minimum Gasteiger partial charge on any atom is -0.478 e. The number of hydrogen-bond acceptors (Lipinski definition) is 2. The molecule has 0 unspecified atom stereocenters. The highest BCUT2D eigenvalue weighted by molar-refractivity contribution is 9.10. The first kappa shape index (κ1) is 11.7. The molecule has 17 heavy (non-hydrogen) atoms. The zero-order chi connectivity index (χ0) is 12.3. The van der Waals surface area contributed by atoms with E-state index in [0.29, 0.717) is 11.5 Å². The Hall–Kier alpha value is -1.81. The third-order valence-electron chi connectivity index (χ3n) is 2.16. The summed E-state index contributed by atoms with van der Waals surface area (Å²) >= 11 is 3.43. The summed E-state index contributed by atoms with van der Waals surface area (Å²) in [6, 6.07) is 11.2. The molecule has 0 aliphatic carbocycles. The first-order valence-electron chi connectivity index (χ1n) is 4.92. The molecule has 0 amide bonds. The van der Waals surface area contributed by atoms with E-state index in [2.05, 4.69) is 15.9 Å². The standard InChI is InChI=1S/C13H9BrO3/c14-11-4-2-1-3-10(11)12-7-5-9(17-12)6-8-13(15)16/h1-8H,(H,15,16)/b8-6+. The van der Waals surface area contributed by atoms with Crippen molar-refractivity contribution >= 4 is 28.0 Å². The molecule has 1 N–H and O–H groups in total. The van der Waals surface area contributed by atoms with Gasteiger partial charge in [-0.2, -0.15) is 0 Å². The number of halogens is 1. The van der Waals surface area contributed by atoms with Gasteiger partial charge in [0.2, 0.25) is 0 Å². The number of hydrogen-bond donors (Lipinski definition) is 1. The Morgan fingerprint density at radius 1 is 1.24 bits per heavy atom. The molecule has 0 radical (unpaired) electrons. The predicted octanol–water partition coefficient (Wildman–Crippen LogP) is 3.81. The van der Waals surface area contributed by atoms with Crippen LogP contribution < -0.4 is 0 Å². The van der Waals surface area contributed by atoms with Crippen LogP contribution in [0.1, 0.15) is 5.76 Å². The van der Waals surface area contributed by atoms with Crippen molar-refractivity contribution in [3.8, 4) is 11.3 Å². The van der Waals surface area contributed by atoms with Gasteiger partial charge in [-0.15, -0.1) is 0 Å². The van der Waals surface area contributed by atoms with Crippen molar-refractivity contribution < 1.29 is 14.3 Å². The molecular weight excluding hydrogens is 284 g/mol. The van der Waals surface area contributed by atoms with Crippen LogP contribution in [0.4, 0.5) is 0 Å². The van der Waals surface area contributed by atoms with E-state index in [0.717, 1.165) is 16.1 Å². The lowest BCUT2D eigenvalue weighted by Gasteiger charge is -1.99. The maximum Gasteiger partial charge on any atom is 0.328 e. The van der Waals surface area contributed by atoms with Gasteiger partial charge in [-0.3, -0.25) is 0 Å². The van der Waals surface area contributed by atoms with Crippen LogP contribution in [0.5, 0.6) is 0 Å². The number of carboxylic acid groups (broad SMARTS) is 1. The van der Waals surface area contributed by atoms with Crippen LogP contribution in [0.2, 0.25) is 0 Å². The van der Waals surface area contributed by atoms with Crippen LogP contribution in [0.15, 0.2) is 51.4 Å². The maximum atomic E-state index is 10.4. The zero-order valence-electron chi connectivity index (χ0n) is 8.76. The second kappa shape index (κ2) is 5.01. The van der Waals surface area contributed by atoms with Crippen molar-refractivity contribution in [3.05, 3.63) is 52.7 Å². The molecule has 1 heterocycles. The van der Waals surface area contributed by atoms with Gasteiger partial charge in [-0.05, 0) is 24.3 Å². The van der Waals surface area contributed by atoms with Gasteiger partial charge in [0.1, 0.15) is 11.5 Å². The lowest BCUT2D eigenvalue weighted by atomic mass is 10.2. The number of aliphatic carboxylic acids is 1. The molecule has 0 aliphatic rings. The zero-order valence-corrected chi connectivity index (χ0v) is 10.3. The number of carbonyl (C=O) groups is 1. The van der Waals surface area contributed by atoms with Crippen molar-refractivity contribution in [2.24, 2.45) is 0 Å². The molecule has 0 bridgehead atoms. The van der Waals surface area contributed by atoms with E-state index >= 15 is 0 Å². The third-order valence-corrected chi connectivity index (χ3v) is 2.85. The van der Waals surface area contributed by atoms with E-state index in [4.69, 9.17) is 9.52 Å². The molecule has 3 nitrogen and oxygen atoms in total. The molecular formula is C13H9BrO3. The first-order valence-corrected chi connectivity index (χ1v) is 5.72. The van der Waals surface area contributed by atoms with E-state index in [-0.39, 0.29) is 0 Å². The van der Waals surface area contributed by atoms with Crippen LogP contribution in [0.3, 0.4) is 0 Å². The lowest BCUT2D eigenvalue weighted by Crippen LogP contribution is -1.84. The largest absolute Gasteiger partial charge is 0.478 e. The number of carboxylic acids is 1. The van der Waals surface area contributed by atoms with Gasteiger partial charge in [0.05, 0.1) is 0 Å². The molecule has 1 aromatic heterocycles. The molecule has 0 aliphatic heterocycles. The number of furan rings is 1. The SMILES string of the molecule is O=C(O)/C=C/c1ccc(-c2ccccc2Br)o1. The molecule has 0 atom stereocenters. The van der Waals surface area contributed by atoms with E-state index in [9.17, 15) is 4.79 Å². The summed E-state index contributed by atoms with van der Waals surface area (Å²) in [5.74, 6) is 0.213. The minimum atomic E-state index is -0.996. The Balaban J connectivity index is 2.30. The van der Waals surface area contributed by atoms with Gasteiger partial charge in [0, 0.05) is 16.1 Å². The average molecular weight is 293 g/mol. The van der Waals surface area contributed by atoms with Crippen molar-refractivity contribution in [2.45, 2.75) is 0 Å². The predicted molar refractivity (Wildman–Crippen MR) is 68.5 cm³/mol. The van der Waals surface area contributed by atoms with E-state index < -0.39 is 5.97 Å². The van der Waals surface area contributed by atoms with Crippen LogP contribution in [-0.4, -0.2) is 11.1 Å². The summed E-state index contributed by atoms with van der Waals surface area (Å²) in [4.78, 5) is 10.4. The molecule has 0 fully saturated rings. The second-order valence-corrected chi connectivity index (χ2v) is 4.21. The van der Waals surface area contributed by atoms with Gasteiger partial charge in [0.25, 0.3) is 0 Å². The fraction of sp³-hybridized carbons (Fsp3) is 0. The molecule has 2 aromatic rings. The smallest absolute Gasteiger partial charge is 0.328 e. The summed E-state index contributed by atoms with van der Waals surface area (Å²) in [5.41, 5.74) is 0.933. The van der Waals surface area contributed by atoms with Gasteiger partial charge >= 0.3 is 5.97 Å². The van der Waals surface area contributed by atoms with Gasteiger partial charge in [0.15, 0.2) is 0 Å². The third kappa shape index (κ3) is 2.85. The van der Waals surface area contributed by atoms with Crippen molar-refractivity contribution in [3.63, 3.8) is 0 Å². The quantitative estimate of drug-likeness (QED) is 0.875. The van der Waals surface area contributed by atoms with Gasteiger partial charge in [-0.25, -0.2) is 4.79 Å². The summed E-state index contributed by atoms with van der Waals surface area (Å²) in [7, 11) is 0. The molecule has 86 valence electrons. The normalized spacial score (nSPS) is 10.9. The van der Waals surface area contributed by atoms with Gasteiger partial charge in [-0.1, -0.05) is 34.1 Å². The van der Waals surface area contributed by atoms with E-state index in [1.54, 1.807) is 6.07 Å². The summed E-state index contributed by atoms with van der Waals surface area (Å²) in [5, 5.41) is 8.51. The molecule has 4 heteroatoms. The Morgan fingerprint density at radius 3 is 2.71 bits per heavy atom. The van der Waals surface area contributed by atoms with E-state index in [1.165, 1.54) is 6.08 Å². The fourth-order valence-corrected chi connectivity index (χ4v) is 1.88. The van der Waals surface area contributed by atoms with Crippen molar-refractivity contribution in [1.82, 2.24) is 0 Å². The van der Waals surface area contributed by atoms with Crippen LogP contribution in [0.25, 0.3) is 17.4 Å². The van der Waals surface area contributed by atoms with Crippen LogP contribution in [-0.2, 0) is 4.79 Å². The first-order chi connectivity index (χ1) is 8.16. The monoisotopic (exact) mass is 292 g/mol. The Bertz CT molecular complexity index is 570. The number of rotatable bonds is 3. The molecule has 2 rings (SSSR count). The Labute approximate surface area is 107 Å². The summed E-state index contributed by atoms with van der Waals surface area (Å²) in [6.07, 6.45) is 2.46. The molecule has 0 saturated carbocycles. The van der Waals surface area contributed by atoms with Gasteiger partial charge < -0.3 is 9.52 Å². The van der Waals surface area contributed by atoms with Crippen molar-refractivity contribution in [1.29, 1.82) is 0 Å². The Kier molecular flexibility index (Phi) is 3.44. The van der Waals surface area contributed by atoms with Crippen molar-refractivity contribution in [2.75, 3.05) is 0 Å². The highest BCUT2D eigenvalue weighted by Gasteiger charge is 2.06. The lowest BCUT2D eigenvalue weighted by molar-refractivity contribution is -0.131. The highest BCUT2D eigenvalue weighted by atomic mass is 79.9. The molecule has 0 spiro atoms. The maximum absolute atomic E-state index is 10.4. The number of benzene rings is 1. The Morgan fingerprint density at radius 2 is 2.00 bits per heavy atom. The van der Waals surface area contributed by atoms with E-state index in [1.807, 2.05) is 30.3 Å². The summed E-state index contributed by atoms with van der Waals surface area (Å²) < 4.78 is 6.45. The highest BCUT2D eigenvalue weighted by Crippen LogP contribution is 2.29. The molecule has 1 aromatic carbocycles. The summed E-state index contributed by atoms with van der Waals surface area (Å²) in [6.45, 7) is 0. The topological polar surface area (TPSA) is 50.4 Å². The molecule has 0 saturated heterocycles. The fourth-order valence-electron chi connectivity index (χ4n) is 1.40.